The molecule has 2 amide bonds. The first-order valence-electron chi connectivity index (χ1n) is 11.1. The minimum absolute atomic E-state index is 0.330. The molecule has 2 aromatic carbocycles. The number of nitrogens with one attached hydrogen (secondary N) is 2. The summed E-state index contributed by atoms with van der Waals surface area (Å²) in [6, 6.07) is 11.1. The minimum Gasteiger partial charge on any atom is -0.438 e. The lowest BCUT2D eigenvalue weighted by Crippen LogP contribution is -2.20. The van der Waals surface area contributed by atoms with E-state index in [2.05, 4.69) is 25.6 Å². The van der Waals surface area contributed by atoms with Gasteiger partial charge < -0.3 is 15.4 Å². The van der Waals surface area contributed by atoms with Crippen LogP contribution >= 0.6 is 0 Å². The number of benzene rings is 2. The summed E-state index contributed by atoms with van der Waals surface area (Å²) >= 11 is 0. The van der Waals surface area contributed by atoms with Crippen molar-refractivity contribution in [1.82, 2.24) is 15.0 Å². The van der Waals surface area contributed by atoms with Gasteiger partial charge in [0.1, 0.15) is 17.4 Å². The minimum atomic E-state index is -4.75. The Balaban J connectivity index is 1.49. The van der Waals surface area contributed by atoms with Gasteiger partial charge in [-0.05, 0) is 67.1 Å². The zero-order chi connectivity index (χ0) is 26.6. The number of urea groups is 1. The molecule has 0 spiro atoms. The first kappa shape index (κ1) is 25.5. The average Bonchev–Trinajstić information content (AvgIpc) is 2.85. The average molecular weight is 511 g/mol. The van der Waals surface area contributed by atoms with E-state index in [-0.39, 0.29) is 5.69 Å². The van der Waals surface area contributed by atoms with E-state index < -0.39 is 23.6 Å². The molecular formula is C26H21F4N5O2. The molecule has 4 rings (SSSR count). The standard InChI is InChI=1S/C26H21F4N5O2/c1-3-23-31-10-8-21(35-23)20-5-4-9-32-24(20)37-22-7-6-18(11-15(22)2)33-25(36)34-19-13-16(26(28,29)30)12-17(27)14-19/h4-14H,3H2,1-2H3,(H2,33,34,36). The maximum Gasteiger partial charge on any atom is 0.416 e. The van der Waals surface area contributed by atoms with E-state index in [1.54, 1.807) is 49.6 Å². The smallest absolute Gasteiger partial charge is 0.416 e. The molecule has 2 heterocycles. The Morgan fingerprint density at radius 1 is 0.973 bits per heavy atom. The van der Waals surface area contributed by atoms with Gasteiger partial charge in [0.05, 0.1) is 16.8 Å². The monoisotopic (exact) mass is 511 g/mol. The summed E-state index contributed by atoms with van der Waals surface area (Å²) in [4.78, 5) is 25.4. The number of aryl methyl sites for hydroxylation is 2. The van der Waals surface area contributed by atoms with Crippen LogP contribution in [0, 0.1) is 12.7 Å². The van der Waals surface area contributed by atoms with Gasteiger partial charge in [-0.1, -0.05) is 6.92 Å². The molecule has 0 bridgehead atoms. The summed E-state index contributed by atoms with van der Waals surface area (Å²) in [5.74, 6) is 0.362. The molecule has 2 aromatic heterocycles. The quantitative estimate of drug-likeness (QED) is 0.272. The summed E-state index contributed by atoms with van der Waals surface area (Å²) in [6.07, 6.45) is -0.815. The summed E-state index contributed by atoms with van der Waals surface area (Å²) in [5.41, 5.74) is 0.792. The molecule has 7 nitrogen and oxygen atoms in total. The third-order valence-corrected chi connectivity index (χ3v) is 5.19. The largest absolute Gasteiger partial charge is 0.438 e. The van der Waals surface area contributed by atoms with E-state index in [1.807, 2.05) is 13.0 Å². The fourth-order valence-electron chi connectivity index (χ4n) is 3.45. The van der Waals surface area contributed by atoms with Crippen LogP contribution in [0.3, 0.4) is 0 Å². The number of alkyl halides is 3. The van der Waals surface area contributed by atoms with Crippen LogP contribution in [0.15, 0.2) is 67.0 Å². The Kier molecular flexibility index (Phi) is 7.32. The van der Waals surface area contributed by atoms with Gasteiger partial charge in [-0.25, -0.2) is 24.1 Å². The number of halogens is 4. The molecule has 0 saturated heterocycles. The summed E-state index contributed by atoms with van der Waals surface area (Å²) in [7, 11) is 0. The van der Waals surface area contributed by atoms with Crippen LogP contribution in [-0.4, -0.2) is 21.0 Å². The van der Waals surface area contributed by atoms with Gasteiger partial charge in [0, 0.05) is 30.2 Å². The molecular weight excluding hydrogens is 490 g/mol. The van der Waals surface area contributed by atoms with Crippen LogP contribution < -0.4 is 15.4 Å². The van der Waals surface area contributed by atoms with Gasteiger partial charge in [0.15, 0.2) is 0 Å². The topological polar surface area (TPSA) is 89.0 Å². The van der Waals surface area contributed by atoms with Crippen molar-refractivity contribution in [2.75, 3.05) is 10.6 Å². The Morgan fingerprint density at radius 3 is 2.49 bits per heavy atom. The number of amides is 2. The third kappa shape index (κ3) is 6.37. The number of carbonyl (C=O) groups excluding carboxylic acids is 1. The number of hydrogen-bond donors (Lipinski definition) is 2. The number of ether oxygens (including phenoxy) is 1. The second-order valence-corrected chi connectivity index (χ2v) is 7.96. The molecule has 0 aliphatic heterocycles. The van der Waals surface area contributed by atoms with E-state index in [0.717, 1.165) is 6.07 Å². The van der Waals surface area contributed by atoms with Gasteiger partial charge in [-0.3, -0.25) is 0 Å². The molecule has 4 aromatic rings. The van der Waals surface area contributed by atoms with Crippen molar-refractivity contribution in [3.8, 4) is 22.9 Å². The lowest BCUT2D eigenvalue weighted by atomic mass is 10.1. The molecule has 0 saturated carbocycles. The molecule has 0 unspecified atom stereocenters. The number of carbonyl (C=O) groups is 1. The van der Waals surface area contributed by atoms with Crippen LogP contribution in [0.1, 0.15) is 23.9 Å². The highest BCUT2D eigenvalue weighted by molar-refractivity contribution is 5.99. The normalized spacial score (nSPS) is 11.2. The van der Waals surface area contributed by atoms with Gasteiger partial charge >= 0.3 is 12.2 Å². The van der Waals surface area contributed by atoms with E-state index in [0.29, 0.717) is 58.5 Å². The van der Waals surface area contributed by atoms with Crippen LogP contribution in [0.4, 0.5) is 33.7 Å². The number of nitrogens with zero attached hydrogens (tertiary/aromatic N) is 3. The Hall–Kier alpha value is -4.54. The van der Waals surface area contributed by atoms with Crippen molar-refractivity contribution in [2.24, 2.45) is 0 Å². The molecule has 0 atom stereocenters. The van der Waals surface area contributed by atoms with Gasteiger partial charge in [0.2, 0.25) is 5.88 Å². The number of anilines is 2. The molecule has 2 N–H and O–H groups in total. The highest BCUT2D eigenvalue weighted by Gasteiger charge is 2.31. The van der Waals surface area contributed by atoms with Crippen molar-refractivity contribution in [2.45, 2.75) is 26.4 Å². The predicted molar refractivity (Wildman–Crippen MR) is 130 cm³/mol. The van der Waals surface area contributed by atoms with Gasteiger partial charge in [-0.2, -0.15) is 13.2 Å². The van der Waals surface area contributed by atoms with E-state index in [1.165, 1.54) is 0 Å². The second-order valence-electron chi connectivity index (χ2n) is 7.96. The van der Waals surface area contributed by atoms with Gasteiger partial charge in [0.25, 0.3) is 0 Å². The molecule has 190 valence electrons. The zero-order valence-corrected chi connectivity index (χ0v) is 19.7. The first-order valence-corrected chi connectivity index (χ1v) is 11.1. The summed E-state index contributed by atoms with van der Waals surface area (Å²) in [6.45, 7) is 3.71. The summed E-state index contributed by atoms with van der Waals surface area (Å²) < 4.78 is 58.3. The second kappa shape index (κ2) is 10.6. The highest BCUT2D eigenvalue weighted by Crippen LogP contribution is 2.33. The predicted octanol–water partition coefficient (Wildman–Crippen LogP) is 7.00. The van der Waals surface area contributed by atoms with E-state index in [4.69, 9.17) is 4.74 Å². The number of pyridine rings is 1. The van der Waals surface area contributed by atoms with Crippen molar-refractivity contribution >= 4 is 17.4 Å². The van der Waals surface area contributed by atoms with Crippen molar-refractivity contribution in [1.29, 1.82) is 0 Å². The molecule has 0 fully saturated rings. The van der Waals surface area contributed by atoms with Crippen LogP contribution in [0.2, 0.25) is 0 Å². The fourth-order valence-corrected chi connectivity index (χ4v) is 3.45. The highest BCUT2D eigenvalue weighted by atomic mass is 19.4. The van der Waals surface area contributed by atoms with E-state index in [9.17, 15) is 22.4 Å². The lowest BCUT2D eigenvalue weighted by Gasteiger charge is -2.14. The number of hydrogen-bond acceptors (Lipinski definition) is 5. The third-order valence-electron chi connectivity index (χ3n) is 5.19. The van der Waals surface area contributed by atoms with Gasteiger partial charge in [-0.15, -0.1) is 0 Å². The Morgan fingerprint density at radius 2 is 1.76 bits per heavy atom. The number of rotatable bonds is 6. The maximum atomic E-state index is 13.6. The van der Waals surface area contributed by atoms with Crippen LogP contribution in [0.25, 0.3) is 11.3 Å². The first-order chi connectivity index (χ1) is 17.6. The van der Waals surface area contributed by atoms with Crippen LogP contribution in [0.5, 0.6) is 11.6 Å². The van der Waals surface area contributed by atoms with Crippen molar-refractivity contribution in [3.63, 3.8) is 0 Å². The lowest BCUT2D eigenvalue weighted by molar-refractivity contribution is -0.137. The fraction of sp³-hybridized carbons (Fsp3) is 0.154. The number of aromatic nitrogens is 3. The van der Waals surface area contributed by atoms with Crippen molar-refractivity contribution < 1.29 is 27.1 Å². The SMILES string of the molecule is CCc1nccc(-c2cccnc2Oc2ccc(NC(=O)Nc3cc(F)cc(C(F)(F)F)c3)cc2C)n1. The van der Waals surface area contributed by atoms with Crippen LogP contribution in [-0.2, 0) is 12.6 Å². The molecule has 37 heavy (non-hydrogen) atoms. The summed E-state index contributed by atoms with van der Waals surface area (Å²) in [5, 5.41) is 4.72. The van der Waals surface area contributed by atoms with E-state index >= 15 is 0 Å². The molecule has 11 heteroatoms. The molecule has 0 aliphatic rings. The zero-order valence-electron chi connectivity index (χ0n) is 19.7. The Labute approximate surface area is 209 Å². The molecule has 0 aliphatic carbocycles. The van der Waals surface area contributed by atoms with Crippen molar-refractivity contribution in [3.05, 3.63) is 89.8 Å². The maximum absolute atomic E-state index is 13.6. The molecule has 0 radical (unpaired) electrons. The Bertz CT molecular complexity index is 1440.